The van der Waals surface area contributed by atoms with Crippen LogP contribution in [0.4, 0.5) is 8.78 Å². The average Bonchev–Trinajstić information content (AvgIpc) is 2.38. The van der Waals surface area contributed by atoms with E-state index in [9.17, 15) is 18.7 Å². The Hall–Kier alpha value is -2.27. The largest absolute Gasteiger partial charge is 0.478 e. The minimum absolute atomic E-state index is 0.00433. The summed E-state index contributed by atoms with van der Waals surface area (Å²) >= 11 is 0. The highest BCUT2D eigenvalue weighted by Crippen LogP contribution is 2.28. The van der Waals surface area contributed by atoms with Gasteiger partial charge in [-0.15, -0.1) is 0 Å². The molecule has 2 aromatic carbocycles. The van der Waals surface area contributed by atoms with Crippen molar-refractivity contribution in [1.82, 2.24) is 0 Å². The predicted octanol–water partition coefficient (Wildman–Crippen LogP) is 2.82. The van der Waals surface area contributed by atoms with E-state index >= 15 is 0 Å². The number of hydrogen-bond acceptors (Lipinski definition) is 2. The summed E-state index contributed by atoms with van der Waals surface area (Å²) < 4.78 is 26.5. The van der Waals surface area contributed by atoms with Gasteiger partial charge >= 0.3 is 5.97 Å². The van der Waals surface area contributed by atoms with Crippen LogP contribution in [-0.4, -0.2) is 16.2 Å². The standard InChI is InChI=1S/C14H10F2O3/c15-10-2-4-12(13(16)6-10)11-3-1-8(14(18)19)5-9(11)7-17/h1-6,17H,7H2,(H,18,19). The highest BCUT2D eigenvalue weighted by atomic mass is 19.1. The smallest absolute Gasteiger partial charge is 0.335 e. The van der Waals surface area contributed by atoms with Crippen LogP contribution in [0.15, 0.2) is 36.4 Å². The van der Waals surface area contributed by atoms with E-state index in [1.165, 1.54) is 24.3 Å². The van der Waals surface area contributed by atoms with Crippen LogP contribution in [-0.2, 0) is 6.61 Å². The van der Waals surface area contributed by atoms with Crippen molar-refractivity contribution in [1.29, 1.82) is 0 Å². The van der Waals surface area contributed by atoms with Crippen LogP contribution in [0.3, 0.4) is 0 Å². The number of aromatic carboxylic acids is 1. The van der Waals surface area contributed by atoms with E-state index in [1.54, 1.807) is 0 Å². The van der Waals surface area contributed by atoms with Gasteiger partial charge in [-0.2, -0.15) is 0 Å². The van der Waals surface area contributed by atoms with Crippen LogP contribution in [0.5, 0.6) is 0 Å². The van der Waals surface area contributed by atoms with Crippen molar-refractivity contribution in [3.8, 4) is 11.1 Å². The van der Waals surface area contributed by atoms with Crippen LogP contribution in [0.2, 0.25) is 0 Å². The van der Waals surface area contributed by atoms with Gasteiger partial charge in [0.15, 0.2) is 0 Å². The maximum atomic E-state index is 13.7. The monoisotopic (exact) mass is 264 g/mol. The Kier molecular flexibility index (Phi) is 3.57. The van der Waals surface area contributed by atoms with Crippen molar-refractivity contribution in [3.05, 3.63) is 59.2 Å². The SMILES string of the molecule is O=C(O)c1ccc(-c2ccc(F)cc2F)c(CO)c1. The van der Waals surface area contributed by atoms with Gasteiger partial charge in [0.2, 0.25) is 0 Å². The first-order valence-corrected chi connectivity index (χ1v) is 5.45. The summed E-state index contributed by atoms with van der Waals surface area (Å²) in [6.07, 6.45) is 0. The van der Waals surface area contributed by atoms with Crippen molar-refractivity contribution in [2.75, 3.05) is 0 Å². The Balaban J connectivity index is 2.58. The van der Waals surface area contributed by atoms with Crippen LogP contribution >= 0.6 is 0 Å². The summed E-state index contributed by atoms with van der Waals surface area (Å²) in [5.74, 6) is -2.60. The minimum atomic E-state index is -1.14. The lowest BCUT2D eigenvalue weighted by atomic mass is 9.97. The topological polar surface area (TPSA) is 57.5 Å². The van der Waals surface area contributed by atoms with E-state index in [4.69, 9.17) is 5.11 Å². The molecule has 0 amide bonds. The molecule has 0 aliphatic heterocycles. The molecule has 0 saturated carbocycles. The number of carboxylic acids is 1. The molecule has 0 fully saturated rings. The van der Waals surface area contributed by atoms with E-state index < -0.39 is 24.2 Å². The van der Waals surface area contributed by atoms with Crippen molar-refractivity contribution in [2.45, 2.75) is 6.61 Å². The van der Waals surface area contributed by atoms with Gasteiger partial charge in [0.25, 0.3) is 0 Å². The minimum Gasteiger partial charge on any atom is -0.478 e. The molecule has 98 valence electrons. The molecule has 19 heavy (non-hydrogen) atoms. The summed E-state index contributed by atoms with van der Waals surface area (Å²) in [4.78, 5) is 10.8. The zero-order valence-electron chi connectivity index (χ0n) is 9.73. The number of carboxylic acid groups (broad SMARTS) is 1. The van der Waals surface area contributed by atoms with Gasteiger partial charge < -0.3 is 10.2 Å². The number of carbonyl (C=O) groups is 1. The molecule has 0 saturated heterocycles. The zero-order valence-corrected chi connectivity index (χ0v) is 9.73. The summed E-state index contributed by atoms with van der Waals surface area (Å²) in [6, 6.07) is 7.05. The van der Waals surface area contributed by atoms with Gasteiger partial charge in [-0.3, -0.25) is 0 Å². The second-order valence-corrected chi connectivity index (χ2v) is 3.96. The second-order valence-electron chi connectivity index (χ2n) is 3.96. The third-order valence-corrected chi connectivity index (χ3v) is 2.74. The molecule has 0 spiro atoms. The first kappa shape index (κ1) is 13.2. The fourth-order valence-electron chi connectivity index (χ4n) is 1.83. The summed E-state index contributed by atoms with van der Waals surface area (Å²) in [7, 11) is 0. The van der Waals surface area contributed by atoms with E-state index in [1.807, 2.05) is 0 Å². The summed E-state index contributed by atoms with van der Waals surface area (Å²) in [6.45, 7) is -0.437. The van der Waals surface area contributed by atoms with Crippen molar-refractivity contribution in [3.63, 3.8) is 0 Å². The highest BCUT2D eigenvalue weighted by molar-refractivity contribution is 5.89. The maximum Gasteiger partial charge on any atom is 0.335 e. The number of rotatable bonds is 3. The van der Waals surface area contributed by atoms with E-state index in [0.29, 0.717) is 5.56 Å². The van der Waals surface area contributed by atoms with Crippen LogP contribution in [0.25, 0.3) is 11.1 Å². The van der Waals surface area contributed by atoms with Gasteiger partial charge in [-0.05, 0) is 35.4 Å². The molecule has 0 aromatic heterocycles. The third kappa shape index (κ3) is 2.61. The quantitative estimate of drug-likeness (QED) is 0.896. The van der Waals surface area contributed by atoms with Crippen LogP contribution in [0, 0.1) is 11.6 Å². The van der Waals surface area contributed by atoms with Crippen LogP contribution in [0.1, 0.15) is 15.9 Å². The van der Waals surface area contributed by atoms with Crippen molar-refractivity contribution < 1.29 is 23.8 Å². The Morgan fingerprint density at radius 3 is 2.32 bits per heavy atom. The molecular weight excluding hydrogens is 254 g/mol. The Labute approximate surface area is 107 Å². The molecule has 0 aliphatic carbocycles. The lowest BCUT2D eigenvalue weighted by Crippen LogP contribution is -2.00. The molecule has 0 aliphatic rings. The number of aliphatic hydroxyl groups excluding tert-OH is 1. The van der Waals surface area contributed by atoms with Crippen LogP contribution < -0.4 is 0 Å². The number of aliphatic hydroxyl groups is 1. The first-order chi connectivity index (χ1) is 9.02. The number of halogens is 2. The predicted molar refractivity (Wildman–Crippen MR) is 64.7 cm³/mol. The molecule has 0 atom stereocenters. The van der Waals surface area contributed by atoms with Gasteiger partial charge in [-0.1, -0.05) is 6.07 Å². The molecule has 3 nitrogen and oxygen atoms in total. The molecule has 0 unspecified atom stereocenters. The molecule has 5 heteroatoms. The Morgan fingerprint density at radius 2 is 1.74 bits per heavy atom. The van der Waals surface area contributed by atoms with E-state index in [0.717, 1.165) is 12.1 Å². The highest BCUT2D eigenvalue weighted by Gasteiger charge is 2.13. The molecule has 0 heterocycles. The summed E-state index contributed by atoms with van der Waals surface area (Å²) in [5.41, 5.74) is 0.716. The molecule has 2 N–H and O–H groups in total. The molecule has 0 radical (unpaired) electrons. The molecule has 2 rings (SSSR count). The fraction of sp³-hybridized carbons (Fsp3) is 0.0714. The average molecular weight is 264 g/mol. The maximum absolute atomic E-state index is 13.7. The normalized spacial score (nSPS) is 10.5. The van der Waals surface area contributed by atoms with Crippen molar-refractivity contribution >= 4 is 5.97 Å². The third-order valence-electron chi connectivity index (χ3n) is 2.74. The van der Waals surface area contributed by atoms with Gasteiger partial charge in [-0.25, -0.2) is 13.6 Å². The van der Waals surface area contributed by atoms with Crippen molar-refractivity contribution in [2.24, 2.45) is 0 Å². The molecule has 2 aromatic rings. The lowest BCUT2D eigenvalue weighted by molar-refractivity contribution is 0.0696. The second kappa shape index (κ2) is 5.16. The zero-order chi connectivity index (χ0) is 14.0. The fourth-order valence-corrected chi connectivity index (χ4v) is 1.83. The summed E-state index contributed by atoms with van der Waals surface area (Å²) in [5, 5.41) is 18.1. The number of hydrogen-bond donors (Lipinski definition) is 2. The van der Waals surface area contributed by atoms with Gasteiger partial charge in [0.05, 0.1) is 12.2 Å². The van der Waals surface area contributed by atoms with E-state index in [2.05, 4.69) is 0 Å². The molecular formula is C14H10F2O3. The lowest BCUT2D eigenvalue weighted by Gasteiger charge is -2.10. The van der Waals surface area contributed by atoms with Gasteiger partial charge in [0.1, 0.15) is 11.6 Å². The van der Waals surface area contributed by atoms with E-state index in [-0.39, 0.29) is 16.7 Å². The Bertz CT molecular complexity index is 639. The molecule has 0 bridgehead atoms. The number of benzene rings is 2. The first-order valence-electron chi connectivity index (χ1n) is 5.45. The van der Waals surface area contributed by atoms with Gasteiger partial charge in [0, 0.05) is 11.6 Å². The Morgan fingerprint density at radius 1 is 1.05 bits per heavy atom.